The topological polar surface area (TPSA) is 55.4 Å². The third kappa shape index (κ3) is 4.24. The second kappa shape index (κ2) is 7.15. The molecule has 1 aromatic rings. The van der Waals surface area contributed by atoms with Gasteiger partial charge in [-0.05, 0) is 30.9 Å². The minimum absolute atomic E-state index is 0.0987. The minimum Gasteiger partial charge on any atom is -0.467 e. The lowest BCUT2D eigenvalue weighted by molar-refractivity contribution is -0.143. The fourth-order valence-corrected chi connectivity index (χ4v) is 1.92. The molecule has 0 aliphatic carbocycles. The maximum Gasteiger partial charge on any atom is 0.328 e. The second-order valence-corrected chi connectivity index (χ2v) is 5.23. The Bertz CT molecular complexity index is 544. The Morgan fingerprint density at radius 2 is 1.90 bits per heavy atom. The molecule has 0 heterocycles. The van der Waals surface area contributed by atoms with Gasteiger partial charge in [-0.15, -0.1) is 0 Å². The van der Waals surface area contributed by atoms with E-state index in [2.05, 4.69) is 10.1 Å². The number of benzene rings is 1. The number of carbonyl (C=O) groups is 2. The molecule has 1 atom stereocenters. The highest BCUT2D eigenvalue weighted by molar-refractivity contribution is 5.97. The molecule has 0 spiro atoms. The van der Waals surface area contributed by atoms with Gasteiger partial charge in [-0.3, -0.25) is 4.79 Å². The van der Waals surface area contributed by atoms with Crippen LogP contribution in [0.3, 0.4) is 0 Å². The Labute approximate surface area is 122 Å². The predicted molar refractivity (Wildman–Crippen MR) is 73.8 cm³/mol. The number of hydrogen-bond acceptors (Lipinski definition) is 3. The molecule has 1 aromatic carbocycles. The van der Waals surface area contributed by atoms with E-state index in [-0.39, 0.29) is 11.5 Å². The van der Waals surface area contributed by atoms with Crippen LogP contribution in [-0.2, 0) is 9.53 Å². The Kier molecular flexibility index (Phi) is 5.81. The third-order valence-corrected chi connectivity index (χ3v) is 3.01. The van der Waals surface area contributed by atoms with Gasteiger partial charge in [-0.2, -0.15) is 0 Å². The average Bonchev–Trinajstić information content (AvgIpc) is 2.41. The molecule has 0 fully saturated rings. The highest BCUT2D eigenvalue weighted by Crippen LogP contribution is 2.17. The summed E-state index contributed by atoms with van der Waals surface area (Å²) in [5.41, 5.74) is -0.535. The van der Waals surface area contributed by atoms with Crippen molar-refractivity contribution in [3.8, 4) is 0 Å². The Balaban J connectivity index is 3.02. The molecule has 1 rings (SSSR count). The summed E-state index contributed by atoms with van der Waals surface area (Å²) < 4.78 is 32.1. The van der Waals surface area contributed by atoms with E-state index >= 15 is 0 Å². The van der Waals surface area contributed by atoms with Crippen molar-refractivity contribution in [3.05, 3.63) is 34.9 Å². The maximum atomic E-state index is 13.9. The highest BCUT2D eigenvalue weighted by atomic mass is 19.1. The van der Waals surface area contributed by atoms with E-state index in [0.29, 0.717) is 6.42 Å². The van der Waals surface area contributed by atoms with Crippen LogP contribution in [0.15, 0.2) is 12.1 Å². The normalized spacial score (nSPS) is 12.1. The first-order valence-electron chi connectivity index (χ1n) is 6.61. The van der Waals surface area contributed by atoms with Gasteiger partial charge in [-0.25, -0.2) is 13.6 Å². The standard InChI is InChI=1S/C15H19F2NO3/c1-8(2)7-11(15(20)21-4)18-14(19)12-10(16)6-5-9(3)13(12)17/h5-6,8,11H,7H2,1-4H3,(H,18,19). The summed E-state index contributed by atoms with van der Waals surface area (Å²) in [7, 11) is 1.19. The van der Waals surface area contributed by atoms with Crippen molar-refractivity contribution in [3.63, 3.8) is 0 Å². The molecule has 0 radical (unpaired) electrons. The van der Waals surface area contributed by atoms with Crippen molar-refractivity contribution >= 4 is 11.9 Å². The van der Waals surface area contributed by atoms with E-state index in [1.807, 2.05) is 13.8 Å². The molecule has 6 heteroatoms. The average molecular weight is 299 g/mol. The van der Waals surface area contributed by atoms with Crippen LogP contribution in [0.4, 0.5) is 8.78 Å². The first-order valence-corrected chi connectivity index (χ1v) is 6.61. The van der Waals surface area contributed by atoms with Gasteiger partial charge < -0.3 is 10.1 Å². The SMILES string of the molecule is COC(=O)C(CC(C)C)NC(=O)c1c(F)ccc(C)c1F. The molecule has 0 aromatic heterocycles. The van der Waals surface area contributed by atoms with Gasteiger partial charge in [-0.1, -0.05) is 19.9 Å². The van der Waals surface area contributed by atoms with Gasteiger partial charge in [0.25, 0.3) is 5.91 Å². The fraction of sp³-hybridized carbons (Fsp3) is 0.467. The lowest BCUT2D eigenvalue weighted by atomic mass is 10.0. The first kappa shape index (κ1) is 17.1. The molecule has 0 aliphatic heterocycles. The Hall–Kier alpha value is -1.98. The number of carbonyl (C=O) groups excluding carboxylic acids is 2. The monoisotopic (exact) mass is 299 g/mol. The third-order valence-electron chi connectivity index (χ3n) is 3.01. The van der Waals surface area contributed by atoms with E-state index in [4.69, 9.17) is 0 Å². The highest BCUT2D eigenvalue weighted by Gasteiger charge is 2.26. The van der Waals surface area contributed by atoms with Crippen molar-refractivity contribution in [2.24, 2.45) is 5.92 Å². The molecule has 116 valence electrons. The predicted octanol–water partition coefficient (Wildman–Crippen LogP) is 2.59. The number of aryl methyl sites for hydroxylation is 1. The van der Waals surface area contributed by atoms with E-state index in [1.165, 1.54) is 20.1 Å². The molecule has 0 aliphatic rings. The number of methoxy groups -OCH3 is 1. The zero-order chi connectivity index (χ0) is 16.2. The molecular formula is C15H19F2NO3. The molecule has 0 bridgehead atoms. The number of amides is 1. The van der Waals surface area contributed by atoms with Crippen molar-refractivity contribution in [1.29, 1.82) is 0 Å². The van der Waals surface area contributed by atoms with Crippen LogP contribution >= 0.6 is 0 Å². The summed E-state index contributed by atoms with van der Waals surface area (Å²) in [5.74, 6) is -3.42. The van der Waals surface area contributed by atoms with Crippen molar-refractivity contribution in [1.82, 2.24) is 5.32 Å². The van der Waals surface area contributed by atoms with Gasteiger partial charge in [0, 0.05) is 0 Å². The minimum atomic E-state index is -0.969. The van der Waals surface area contributed by atoms with Gasteiger partial charge >= 0.3 is 5.97 Å². The van der Waals surface area contributed by atoms with Gasteiger partial charge in [0.05, 0.1) is 7.11 Å². The number of esters is 1. The van der Waals surface area contributed by atoms with Crippen LogP contribution in [-0.4, -0.2) is 25.0 Å². The largest absolute Gasteiger partial charge is 0.467 e. The number of hydrogen-bond donors (Lipinski definition) is 1. The smallest absolute Gasteiger partial charge is 0.328 e. The number of ether oxygens (including phenoxy) is 1. The van der Waals surface area contributed by atoms with Crippen LogP contribution in [0.1, 0.15) is 36.2 Å². The van der Waals surface area contributed by atoms with Crippen molar-refractivity contribution in [2.75, 3.05) is 7.11 Å². The molecule has 1 amide bonds. The van der Waals surface area contributed by atoms with Crippen molar-refractivity contribution < 1.29 is 23.1 Å². The molecule has 1 N–H and O–H groups in total. The summed E-state index contributed by atoms with van der Waals surface area (Å²) in [5, 5.41) is 2.33. The molecule has 0 saturated heterocycles. The van der Waals surface area contributed by atoms with Gasteiger partial charge in [0.1, 0.15) is 23.2 Å². The Morgan fingerprint density at radius 1 is 1.29 bits per heavy atom. The first-order chi connectivity index (χ1) is 9.77. The van der Waals surface area contributed by atoms with Crippen LogP contribution in [0, 0.1) is 24.5 Å². The van der Waals surface area contributed by atoms with E-state index in [0.717, 1.165) is 6.07 Å². The summed E-state index contributed by atoms with van der Waals surface area (Å²) in [6, 6.07) is 1.32. The summed E-state index contributed by atoms with van der Waals surface area (Å²) >= 11 is 0. The number of halogens is 2. The van der Waals surface area contributed by atoms with Gasteiger partial charge in [0.15, 0.2) is 0 Å². The summed E-state index contributed by atoms with van der Waals surface area (Å²) in [4.78, 5) is 23.7. The zero-order valence-corrected chi connectivity index (χ0v) is 12.5. The quantitative estimate of drug-likeness (QED) is 0.850. The molecule has 0 saturated carbocycles. The van der Waals surface area contributed by atoms with E-state index in [1.54, 1.807) is 0 Å². The zero-order valence-electron chi connectivity index (χ0n) is 12.5. The summed E-state index contributed by atoms with van der Waals surface area (Å²) in [6.07, 6.45) is 0.313. The van der Waals surface area contributed by atoms with Crippen LogP contribution < -0.4 is 5.32 Å². The number of nitrogens with one attached hydrogen (secondary N) is 1. The lowest BCUT2D eigenvalue weighted by Gasteiger charge is -2.18. The Morgan fingerprint density at radius 3 is 2.43 bits per heavy atom. The van der Waals surface area contributed by atoms with Crippen molar-refractivity contribution in [2.45, 2.75) is 33.2 Å². The molecular weight excluding hydrogens is 280 g/mol. The fourth-order valence-electron chi connectivity index (χ4n) is 1.92. The van der Waals surface area contributed by atoms with E-state index < -0.39 is 35.1 Å². The maximum absolute atomic E-state index is 13.9. The second-order valence-electron chi connectivity index (χ2n) is 5.23. The van der Waals surface area contributed by atoms with E-state index in [9.17, 15) is 18.4 Å². The lowest BCUT2D eigenvalue weighted by Crippen LogP contribution is -2.43. The van der Waals surface area contributed by atoms with Crippen LogP contribution in [0.2, 0.25) is 0 Å². The van der Waals surface area contributed by atoms with Crippen LogP contribution in [0.5, 0.6) is 0 Å². The van der Waals surface area contributed by atoms with Crippen LogP contribution in [0.25, 0.3) is 0 Å². The molecule has 1 unspecified atom stereocenters. The summed E-state index contributed by atoms with van der Waals surface area (Å²) in [6.45, 7) is 5.14. The van der Waals surface area contributed by atoms with Gasteiger partial charge in [0.2, 0.25) is 0 Å². The number of rotatable bonds is 5. The molecule has 21 heavy (non-hydrogen) atoms. The molecule has 4 nitrogen and oxygen atoms in total.